The maximum Gasteiger partial charge on any atom is 0.262 e. The van der Waals surface area contributed by atoms with E-state index in [0.717, 1.165) is 10.0 Å². The maximum atomic E-state index is 11.8. The molecule has 0 atom stereocenters. The largest absolute Gasteiger partial charge is 0.482 e. The third kappa shape index (κ3) is 4.63. The van der Waals surface area contributed by atoms with Gasteiger partial charge in [-0.1, -0.05) is 39.1 Å². The summed E-state index contributed by atoms with van der Waals surface area (Å²) in [5.41, 5.74) is 1.75. The Labute approximate surface area is 141 Å². The highest BCUT2D eigenvalue weighted by Crippen LogP contribution is 2.27. The van der Waals surface area contributed by atoms with Crippen molar-refractivity contribution in [3.63, 3.8) is 0 Å². The van der Waals surface area contributed by atoms with Gasteiger partial charge in [0.1, 0.15) is 5.75 Å². The average molecular weight is 389 g/mol. The van der Waals surface area contributed by atoms with E-state index in [-0.39, 0.29) is 12.5 Å². The maximum absolute atomic E-state index is 11.8. The fourth-order valence-electron chi connectivity index (χ4n) is 1.66. The summed E-state index contributed by atoms with van der Waals surface area (Å²) >= 11 is 15.2. The normalized spacial score (nSPS) is 10.3. The van der Waals surface area contributed by atoms with Gasteiger partial charge in [-0.15, -0.1) is 0 Å². The van der Waals surface area contributed by atoms with Crippen LogP contribution < -0.4 is 10.1 Å². The standard InChI is InChI=1S/C15H12BrCl2NO2/c1-9-6-11(3-4-12(9)16)19-15(20)8-21-14-5-2-10(17)7-13(14)18/h2-7H,8H2,1H3,(H,19,20). The Bertz CT molecular complexity index is 677. The molecule has 0 saturated heterocycles. The predicted molar refractivity (Wildman–Crippen MR) is 89.5 cm³/mol. The Morgan fingerprint density at radius 2 is 2.00 bits per heavy atom. The molecule has 6 heteroatoms. The SMILES string of the molecule is Cc1cc(NC(=O)COc2ccc(Cl)cc2Cl)ccc1Br. The number of benzene rings is 2. The van der Waals surface area contributed by atoms with Crippen molar-refractivity contribution in [1.29, 1.82) is 0 Å². The second-order valence-electron chi connectivity index (χ2n) is 4.38. The van der Waals surface area contributed by atoms with E-state index >= 15 is 0 Å². The molecule has 2 rings (SSSR count). The van der Waals surface area contributed by atoms with Crippen molar-refractivity contribution in [2.45, 2.75) is 6.92 Å². The molecule has 0 saturated carbocycles. The van der Waals surface area contributed by atoms with Gasteiger partial charge < -0.3 is 10.1 Å². The van der Waals surface area contributed by atoms with Gasteiger partial charge in [0.05, 0.1) is 5.02 Å². The smallest absolute Gasteiger partial charge is 0.262 e. The van der Waals surface area contributed by atoms with Crippen LogP contribution in [0.25, 0.3) is 0 Å². The second-order valence-corrected chi connectivity index (χ2v) is 6.07. The Kier molecular flexibility index (Phi) is 5.51. The number of halogens is 3. The molecule has 0 aromatic heterocycles. The van der Waals surface area contributed by atoms with E-state index in [2.05, 4.69) is 21.2 Å². The highest BCUT2D eigenvalue weighted by atomic mass is 79.9. The van der Waals surface area contributed by atoms with Crippen molar-refractivity contribution >= 4 is 50.7 Å². The van der Waals surface area contributed by atoms with Gasteiger partial charge in [0.2, 0.25) is 0 Å². The zero-order valence-corrected chi connectivity index (χ0v) is 14.2. The molecule has 0 radical (unpaired) electrons. The number of anilines is 1. The molecule has 2 aromatic rings. The summed E-state index contributed by atoms with van der Waals surface area (Å²) in [4.78, 5) is 11.8. The van der Waals surface area contributed by atoms with Crippen LogP contribution in [0.5, 0.6) is 5.75 Å². The molecular formula is C15H12BrCl2NO2. The first-order valence-electron chi connectivity index (χ1n) is 6.09. The summed E-state index contributed by atoms with van der Waals surface area (Å²) in [6.07, 6.45) is 0. The third-order valence-corrected chi connectivity index (χ3v) is 4.11. The summed E-state index contributed by atoms with van der Waals surface area (Å²) in [6.45, 7) is 1.82. The van der Waals surface area contributed by atoms with Crippen LogP contribution in [-0.4, -0.2) is 12.5 Å². The van der Waals surface area contributed by atoms with E-state index in [1.807, 2.05) is 25.1 Å². The number of nitrogens with one attached hydrogen (secondary N) is 1. The summed E-state index contributed by atoms with van der Waals surface area (Å²) < 4.78 is 6.36. The lowest BCUT2D eigenvalue weighted by Gasteiger charge is -2.10. The van der Waals surface area contributed by atoms with Gasteiger partial charge in [0, 0.05) is 15.2 Å². The zero-order chi connectivity index (χ0) is 15.4. The molecule has 0 bridgehead atoms. The Morgan fingerprint density at radius 3 is 2.67 bits per heavy atom. The number of amides is 1. The van der Waals surface area contributed by atoms with Crippen molar-refractivity contribution in [2.75, 3.05) is 11.9 Å². The molecule has 110 valence electrons. The Hall–Kier alpha value is -1.23. The lowest BCUT2D eigenvalue weighted by atomic mass is 10.2. The van der Waals surface area contributed by atoms with Gasteiger partial charge in [0.15, 0.2) is 6.61 Å². The van der Waals surface area contributed by atoms with Crippen LogP contribution in [0, 0.1) is 6.92 Å². The van der Waals surface area contributed by atoms with E-state index < -0.39 is 0 Å². The van der Waals surface area contributed by atoms with E-state index in [4.69, 9.17) is 27.9 Å². The van der Waals surface area contributed by atoms with Gasteiger partial charge in [-0.25, -0.2) is 0 Å². The first kappa shape index (κ1) is 16.1. The van der Waals surface area contributed by atoms with Gasteiger partial charge in [-0.05, 0) is 48.9 Å². The van der Waals surface area contributed by atoms with Crippen LogP contribution >= 0.6 is 39.1 Å². The summed E-state index contributed by atoms with van der Waals surface area (Å²) in [7, 11) is 0. The van der Waals surface area contributed by atoms with Gasteiger partial charge >= 0.3 is 0 Å². The lowest BCUT2D eigenvalue weighted by molar-refractivity contribution is -0.118. The molecule has 0 aliphatic heterocycles. The van der Waals surface area contributed by atoms with Crippen LogP contribution in [0.4, 0.5) is 5.69 Å². The lowest BCUT2D eigenvalue weighted by Crippen LogP contribution is -2.20. The van der Waals surface area contributed by atoms with Crippen LogP contribution in [0.1, 0.15) is 5.56 Å². The van der Waals surface area contributed by atoms with Crippen molar-refractivity contribution in [3.8, 4) is 5.75 Å². The van der Waals surface area contributed by atoms with Crippen molar-refractivity contribution < 1.29 is 9.53 Å². The number of rotatable bonds is 4. The molecular weight excluding hydrogens is 377 g/mol. The van der Waals surface area contributed by atoms with E-state index in [1.165, 1.54) is 0 Å². The molecule has 0 heterocycles. The fraction of sp³-hybridized carbons (Fsp3) is 0.133. The summed E-state index contributed by atoms with van der Waals surface area (Å²) in [5, 5.41) is 3.64. The highest BCUT2D eigenvalue weighted by molar-refractivity contribution is 9.10. The minimum atomic E-state index is -0.261. The molecule has 21 heavy (non-hydrogen) atoms. The quantitative estimate of drug-likeness (QED) is 0.792. The van der Waals surface area contributed by atoms with Crippen LogP contribution in [0.3, 0.4) is 0 Å². The van der Waals surface area contributed by atoms with Crippen LogP contribution in [0.15, 0.2) is 40.9 Å². The molecule has 3 nitrogen and oxygen atoms in total. The number of carbonyl (C=O) groups is 1. The number of hydrogen-bond donors (Lipinski definition) is 1. The molecule has 0 aliphatic rings. The molecule has 0 unspecified atom stereocenters. The van der Waals surface area contributed by atoms with Gasteiger partial charge in [-0.3, -0.25) is 4.79 Å². The first-order chi connectivity index (χ1) is 9.95. The van der Waals surface area contributed by atoms with E-state index in [0.29, 0.717) is 21.5 Å². The predicted octanol–water partition coefficient (Wildman–Crippen LogP) is 5.08. The second kappa shape index (κ2) is 7.16. The Balaban J connectivity index is 1.94. The minimum Gasteiger partial charge on any atom is -0.482 e. The van der Waals surface area contributed by atoms with Crippen LogP contribution in [0.2, 0.25) is 10.0 Å². The monoisotopic (exact) mass is 387 g/mol. The van der Waals surface area contributed by atoms with Crippen molar-refractivity contribution in [1.82, 2.24) is 0 Å². The number of ether oxygens (including phenoxy) is 1. The number of aryl methyl sites for hydroxylation is 1. The number of carbonyl (C=O) groups excluding carboxylic acids is 1. The average Bonchev–Trinajstić information content (AvgIpc) is 2.42. The minimum absolute atomic E-state index is 0.129. The zero-order valence-electron chi connectivity index (χ0n) is 11.1. The summed E-state index contributed by atoms with van der Waals surface area (Å²) in [6, 6.07) is 10.4. The molecule has 0 fully saturated rings. The highest BCUT2D eigenvalue weighted by Gasteiger charge is 2.07. The molecule has 0 aliphatic carbocycles. The van der Waals surface area contributed by atoms with Crippen molar-refractivity contribution in [2.24, 2.45) is 0 Å². The van der Waals surface area contributed by atoms with E-state index in [9.17, 15) is 4.79 Å². The van der Waals surface area contributed by atoms with E-state index in [1.54, 1.807) is 18.2 Å². The van der Waals surface area contributed by atoms with Crippen molar-refractivity contribution in [3.05, 3.63) is 56.5 Å². The van der Waals surface area contributed by atoms with Crippen LogP contribution in [-0.2, 0) is 4.79 Å². The summed E-state index contributed by atoms with van der Waals surface area (Å²) in [5.74, 6) is 0.158. The van der Waals surface area contributed by atoms with Gasteiger partial charge in [-0.2, -0.15) is 0 Å². The van der Waals surface area contributed by atoms with Gasteiger partial charge in [0.25, 0.3) is 5.91 Å². The molecule has 1 amide bonds. The topological polar surface area (TPSA) is 38.3 Å². The molecule has 2 aromatic carbocycles. The first-order valence-corrected chi connectivity index (χ1v) is 7.64. The third-order valence-electron chi connectivity index (χ3n) is 2.69. The Morgan fingerprint density at radius 1 is 1.24 bits per heavy atom. The molecule has 1 N–H and O–H groups in total. The fourth-order valence-corrected chi connectivity index (χ4v) is 2.36. The number of hydrogen-bond acceptors (Lipinski definition) is 2. The molecule has 0 spiro atoms.